The Hall–Kier alpha value is -2.89. The number of carbonyl (C=O) groups excluding carboxylic acids is 1. The molecule has 4 aromatic rings. The van der Waals surface area contributed by atoms with E-state index in [0.717, 1.165) is 26.4 Å². The van der Waals surface area contributed by atoms with Crippen molar-refractivity contribution in [3.8, 4) is 16.3 Å². The average molecular weight is 409 g/mol. The van der Waals surface area contributed by atoms with Gasteiger partial charge in [0.25, 0.3) is 5.91 Å². The number of aromatic nitrogens is 1. The van der Waals surface area contributed by atoms with E-state index in [2.05, 4.69) is 10.3 Å². The zero-order valence-corrected chi connectivity index (χ0v) is 16.7. The number of nitrogens with one attached hydrogen (secondary N) is 1. The number of carbonyl (C=O) groups is 1. The third kappa shape index (κ3) is 4.16. The van der Waals surface area contributed by atoms with Crippen molar-refractivity contribution in [2.24, 2.45) is 0 Å². The van der Waals surface area contributed by atoms with Gasteiger partial charge in [-0.15, -0.1) is 11.3 Å². The Kier molecular flexibility index (Phi) is 5.28. The predicted molar refractivity (Wildman–Crippen MR) is 115 cm³/mol. The SMILES string of the molecule is Cc1cccc(OCC(=O)Nc2cc(-c3nc4ccccc4s3)ccc2Cl)c1. The van der Waals surface area contributed by atoms with Crippen LogP contribution in [0.25, 0.3) is 20.8 Å². The van der Waals surface area contributed by atoms with E-state index in [1.807, 2.05) is 67.6 Å². The normalized spacial score (nSPS) is 10.8. The highest BCUT2D eigenvalue weighted by molar-refractivity contribution is 7.21. The maximum Gasteiger partial charge on any atom is 0.262 e. The van der Waals surface area contributed by atoms with Crippen LogP contribution in [0.1, 0.15) is 5.56 Å². The van der Waals surface area contributed by atoms with Gasteiger partial charge in [-0.2, -0.15) is 0 Å². The number of hydrogen-bond acceptors (Lipinski definition) is 4. The Morgan fingerprint density at radius 1 is 1.11 bits per heavy atom. The Morgan fingerprint density at radius 2 is 1.96 bits per heavy atom. The van der Waals surface area contributed by atoms with Crippen LogP contribution in [0.4, 0.5) is 5.69 Å². The van der Waals surface area contributed by atoms with Crippen LogP contribution in [0.15, 0.2) is 66.7 Å². The van der Waals surface area contributed by atoms with Crippen LogP contribution in [0.3, 0.4) is 0 Å². The zero-order valence-electron chi connectivity index (χ0n) is 15.1. The van der Waals surface area contributed by atoms with Crippen LogP contribution in [0.5, 0.6) is 5.75 Å². The molecule has 28 heavy (non-hydrogen) atoms. The van der Waals surface area contributed by atoms with Crippen LogP contribution in [0.2, 0.25) is 5.02 Å². The van der Waals surface area contributed by atoms with Crippen molar-refractivity contribution < 1.29 is 9.53 Å². The standard InChI is InChI=1S/C22H17ClN2O2S/c1-14-5-4-6-16(11-14)27-13-21(26)24-19-12-15(9-10-17(19)23)22-25-18-7-2-3-8-20(18)28-22/h2-12H,13H2,1H3,(H,24,26). The number of anilines is 1. The molecule has 0 aliphatic rings. The number of amides is 1. The quantitative estimate of drug-likeness (QED) is 0.444. The van der Waals surface area contributed by atoms with Gasteiger partial charge in [0.1, 0.15) is 10.8 Å². The molecule has 1 amide bonds. The lowest BCUT2D eigenvalue weighted by Gasteiger charge is -2.10. The third-order valence-corrected chi connectivity index (χ3v) is 5.56. The lowest BCUT2D eigenvalue weighted by atomic mass is 10.2. The van der Waals surface area contributed by atoms with Gasteiger partial charge >= 0.3 is 0 Å². The molecule has 0 aliphatic carbocycles. The van der Waals surface area contributed by atoms with Crippen molar-refractivity contribution in [1.29, 1.82) is 0 Å². The molecule has 1 heterocycles. The number of para-hydroxylation sites is 1. The highest BCUT2D eigenvalue weighted by atomic mass is 35.5. The number of hydrogen-bond donors (Lipinski definition) is 1. The lowest BCUT2D eigenvalue weighted by Crippen LogP contribution is -2.20. The van der Waals surface area contributed by atoms with E-state index in [0.29, 0.717) is 16.5 Å². The van der Waals surface area contributed by atoms with Crippen LogP contribution in [0, 0.1) is 6.92 Å². The molecule has 3 aromatic carbocycles. The van der Waals surface area contributed by atoms with E-state index in [4.69, 9.17) is 16.3 Å². The summed E-state index contributed by atoms with van der Waals surface area (Å²) in [5.41, 5.74) is 3.47. The summed E-state index contributed by atoms with van der Waals surface area (Å²) in [7, 11) is 0. The molecule has 0 bridgehead atoms. The molecule has 140 valence electrons. The molecular weight excluding hydrogens is 392 g/mol. The second-order valence-corrected chi connectivity index (χ2v) is 7.77. The van der Waals surface area contributed by atoms with Crippen molar-refractivity contribution in [1.82, 2.24) is 4.98 Å². The van der Waals surface area contributed by atoms with Crippen molar-refractivity contribution in [2.75, 3.05) is 11.9 Å². The second kappa shape index (κ2) is 8.00. The Morgan fingerprint density at radius 3 is 2.79 bits per heavy atom. The van der Waals surface area contributed by atoms with E-state index in [-0.39, 0.29) is 12.5 Å². The van der Waals surface area contributed by atoms with Crippen molar-refractivity contribution in [3.63, 3.8) is 0 Å². The van der Waals surface area contributed by atoms with Gasteiger partial charge in [0, 0.05) is 5.56 Å². The Balaban J connectivity index is 1.49. The van der Waals surface area contributed by atoms with Gasteiger partial charge < -0.3 is 10.1 Å². The molecule has 0 saturated carbocycles. The molecule has 1 N–H and O–H groups in total. The van der Waals surface area contributed by atoms with Crippen LogP contribution >= 0.6 is 22.9 Å². The molecule has 6 heteroatoms. The van der Waals surface area contributed by atoms with Gasteiger partial charge in [-0.3, -0.25) is 4.79 Å². The molecular formula is C22H17ClN2O2S. The summed E-state index contributed by atoms with van der Waals surface area (Å²) in [6.45, 7) is 1.88. The maximum absolute atomic E-state index is 12.3. The minimum atomic E-state index is -0.273. The van der Waals surface area contributed by atoms with E-state index in [1.54, 1.807) is 17.4 Å². The summed E-state index contributed by atoms with van der Waals surface area (Å²) in [6, 6.07) is 21.0. The monoisotopic (exact) mass is 408 g/mol. The molecule has 4 rings (SSSR count). The summed E-state index contributed by atoms with van der Waals surface area (Å²) in [6.07, 6.45) is 0. The zero-order chi connectivity index (χ0) is 19.5. The summed E-state index contributed by atoms with van der Waals surface area (Å²) in [4.78, 5) is 17.0. The van der Waals surface area contributed by atoms with Crippen LogP contribution < -0.4 is 10.1 Å². The first-order valence-electron chi connectivity index (χ1n) is 8.73. The van der Waals surface area contributed by atoms with Gasteiger partial charge in [0.05, 0.1) is 20.9 Å². The number of thiazole rings is 1. The molecule has 0 radical (unpaired) electrons. The fourth-order valence-corrected chi connectivity index (χ4v) is 3.92. The van der Waals surface area contributed by atoms with Gasteiger partial charge in [0.15, 0.2) is 6.61 Å². The molecule has 4 nitrogen and oxygen atoms in total. The minimum Gasteiger partial charge on any atom is -0.484 e. The van der Waals surface area contributed by atoms with Crippen molar-refractivity contribution >= 4 is 44.7 Å². The minimum absolute atomic E-state index is 0.0921. The lowest BCUT2D eigenvalue weighted by molar-refractivity contribution is -0.118. The van der Waals surface area contributed by atoms with E-state index in [1.165, 1.54) is 0 Å². The van der Waals surface area contributed by atoms with Crippen LogP contribution in [-0.4, -0.2) is 17.5 Å². The van der Waals surface area contributed by atoms with Gasteiger partial charge in [0.2, 0.25) is 0 Å². The Bertz CT molecular complexity index is 1120. The number of benzene rings is 3. The number of ether oxygens (including phenoxy) is 1. The molecule has 0 atom stereocenters. The topological polar surface area (TPSA) is 51.2 Å². The largest absolute Gasteiger partial charge is 0.484 e. The highest BCUT2D eigenvalue weighted by Crippen LogP contribution is 2.33. The number of nitrogens with zero attached hydrogens (tertiary/aromatic N) is 1. The summed E-state index contributed by atoms with van der Waals surface area (Å²) < 4.78 is 6.67. The Labute approximate surface area is 171 Å². The number of fused-ring (bicyclic) bond motifs is 1. The molecule has 0 spiro atoms. The molecule has 0 saturated heterocycles. The molecule has 0 unspecified atom stereocenters. The van der Waals surface area contributed by atoms with Gasteiger partial charge in [-0.25, -0.2) is 4.98 Å². The van der Waals surface area contributed by atoms with E-state index < -0.39 is 0 Å². The van der Waals surface area contributed by atoms with Gasteiger partial charge in [-0.1, -0.05) is 41.9 Å². The van der Waals surface area contributed by atoms with Crippen molar-refractivity contribution in [2.45, 2.75) is 6.92 Å². The van der Waals surface area contributed by atoms with Crippen molar-refractivity contribution in [3.05, 3.63) is 77.3 Å². The average Bonchev–Trinajstić information content (AvgIpc) is 3.12. The summed E-state index contributed by atoms with van der Waals surface area (Å²) in [5, 5.41) is 4.17. The first-order chi connectivity index (χ1) is 13.6. The smallest absolute Gasteiger partial charge is 0.262 e. The third-order valence-electron chi connectivity index (χ3n) is 4.14. The van der Waals surface area contributed by atoms with Crippen LogP contribution in [-0.2, 0) is 4.79 Å². The summed E-state index contributed by atoms with van der Waals surface area (Å²) in [5.74, 6) is 0.384. The predicted octanol–water partition coefficient (Wildman–Crippen LogP) is 5.94. The van der Waals surface area contributed by atoms with E-state index >= 15 is 0 Å². The number of rotatable bonds is 5. The molecule has 0 fully saturated rings. The summed E-state index contributed by atoms with van der Waals surface area (Å²) >= 11 is 7.87. The highest BCUT2D eigenvalue weighted by Gasteiger charge is 2.11. The number of halogens is 1. The number of aryl methyl sites for hydroxylation is 1. The molecule has 0 aliphatic heterocycles. The first kappa shape index (κ1) is 18.5. The second-order valence-electron chi connectivity index (χ2n) is 6.33. The van der Waals surface area contributed by atoms with E-state index in [9.17, 15) is 4.79 Å². The van der Waals surface area contributed by atoms with Gasteiger partial charge in [-0.05, 0) is 48.9 Å². The first-order valence-corrected chi connectivity index (χ1v) is 9.93. The fourth-order valence-electron chi connectivity index (χ4n) is 2.79. The molecule has 1 aromatic heterocycles. The fraction of sp³-hybridized carbons (Fsp3) is 0.0909. The maximum atomic E-state index is 12.3.